The molecule has 1 aromatic rings. The number of methoxy groups -OCH3 is 1. The Kier molecular flexibility index (Phi) is 3.71. The zero-order valence-electron chi connectivity index (χ0n) is 9.29. The number of benzene rings is 1. The Hall–Kier alpha value is -0.740. The molecule has 1 unspecified atom stereocenters. The van der Waals surface area contributed by atoms with Crippen molar-refractivity contribution in [3.05, 3.63) is 22.2 Å². The van der Waals surface area contributed by atoms with Gasteiger partial charge in [0, 0.05) is 16.1 Å². The summed E-state index contributed by atoms with van der Waals surface area (Å²) in [6.45, 7) is 1.01. The van der Waals surface area contributed by atoms with Crippen LogP contribution >= 0.6 is 15.9 Å². The van der Waals surface area contributed by atoms with Gasteiger partial charge in [0.1, 0.15) is 0 Å². The van der Waals surface area contributed by atoms with Crippen molar-refractivity contribution < 1.29 is 9.84 Å². The molecule has 88 valence electrons. The summed E-state index contributed by atoms with van der Waals surface area (Å²) in [5.74, 6) is 0.779. The van der Waals surface area contributed by atoms with Crippen LogP contribution in [0.25, 0.3) is 0 Å². The van der Waals surface area contributed by atoms with Crippen LogP contribution in [0, 0.1) is 0 Å². The Morgan fingerprint density at radius 3 is 2.88 bits per heavy atom. The Morgan fingerprint density at radius 1 is 1.44 bits per heavy atom. The second kappa shape index (κ2) is 5.06. The largest absolute Gasteiger partial charge is 0.504 e. The van der Waals surface area contributed by atoms with E-state index in [1.165, 1.54) is 12.8 Å². The number of halogens is 1. The minimum atomic E-state index is 0.221. The third-order valence-electron chi connectivity index (χ3n) is 3.01. The standard InChI is InChI=1S/C12H16BrNO2/c1-16-10-6-5-8(13)11(12(10)15)9-4-2-3-7-14-9/h5-6,9,14-15H,2-4,7H2,1H3. The summed E-state index contributed by atoms with van der Waals surface area (Å²) in [7, 11) is 1.57. The molecule has 0 aromatic heterocycles. The van der Waals surface area contributed by atoms with Crippen LogP contribution in [0.1, 0.15) is 30.9 Å². The minimum absolute atomic E-state index is 0.221. The molecule has 1 heterocycles. The van der Waals surface area contributed by atoms with Crippen molar-refractivity contribution in [2.45, 2.75) is 25.3 Å². The number of aromatic hydroxyl groups is 1. The van der Waals surface area contributed by atoms with Crippen LogP contribution in [0.3, 0.4) is 0 Å². The zero-order chi connectivity index (χ0) is 11.5. The van der Waals surface area contributed by atoms with Gasteiger partial charge in [0.2, 0.25) is 0 Å². The van der Waals surface area contributed by atoms with Gasteiger partial charge in [0.05, 0.1) is 7.11 Å². The van der Waals surface area contributed by atoms with Gasteiger partial charge in [-0.15, -0.1) is 0 Å². The highest BCUT2D eigenvalue weighted by Gasteiger charge is 2.22. The number of hydrogen-bond acceptors (Lipinski definition) is 3. The first-order chi connectivity index (χ1) is 7.74. The van der Waals surface area contributed by atoms with Crippen LogP contribution in [0.4, 0.5) is 0 Å². The van der Waals surface area contributed by atoms with Gasteiger partial charge in [0.15, 0.2) is 11.5 Å². The highest BCUT2D eigenvalue weighted by atomic mass is 79.9. The Balaban J connectivity index is 2.37. The lowest BCUT2D eigenvalue weighted by Gasteiger charge is -2.26. The summed E-state index contributed by atoms with van der Waals surface area (Å²) < 4.78 is 6.07. The fraction of sp³-hybridized carbons (Fsp3) is 0.500. The van der Waals surface area contributed by atoms with E-state index in [4.69, 9.17) is 4.74 Å². The van der Waals surface area contributed by atoms with Gasteiger partial charge in [-0.25, -0.2) is 0 Å². The molecular weight excluding hydrogens is 270 g/mol. The molecule has 3 nitrogen and oxygen atoms in total. The van der Waals surface area contributed by atoms with Crippen molar-refractivity contribution in [1.29, 1.82) is 0 Å². The maximum Gasteiger partial charge on any atom is 0.163 e. The van der Waals surface area contributed by atoms with E-state index in [2.05, 4.69) is 21.2 Å². The third-order valence-corrected chi connectivity index (χ3v) is 3.70. The van der Waals surface area contributed by atoms with Gasteiger partial charge in [-0.3, -0.25) is 0 Å². The van der Waals surface area contributed by atoms with Crippen molar-refractivity contribution in [2.75, 3.05) is 13.7 Å². The summed E-state index contributed by atoms with van der Waals surface area (Å²) >= 11 is 3.49. The molecule has 1 aliphatic rings. The molecule has 0 bridgehead atoms. The minimum Gasteiger partial charge on any atom is -0.504 e. The van der Waals surface area contributed by atoms with Crippen molar-refractivity contribution in [3.8, 4) is 11.5 Å². The molecule has 1 saturated heterocycles. The second-order valence-corrected chi connectivity index (χ2v) is 4.87. The van der Waals surface area contributed by atoms with E-state index in [1.807, 2.05) is 6.07 Å². The van der Waals surface area contributed by atoms with E-state index in [9.17, 15) is 5.11 Å². The highest BCUT2D eigenvalue weighted by molar-refractivity contribution is 9.10. The monoisotopic (exact) mass is 285 g/mol. The second-order valence-electron chi connectivity index (χ2n) is 4.01. The molecule has 4 heteroatoms. The predicted octanol–water partition coefficient (Wildman–Crippen LogP) is 2.98. The number of piperidine rings is 1. The lowest BCUT2D eigenvalue weighted by molar-refractivity contribution is 0.354. The van der Waals surface area contributed by atoms with Crippen LogP contribution in [-0.4, -0.2) is 18.8 Å². The molecule has 0 spiro atoms. The van der Waals surface area contributed by atoms with E-state index in [-0.39, 0.29) is 11.8 Å². The molecule has 0 radical (unpaired) electrons. The number of phenols is 1. The smallest absolute Gasteiger partial charge is 0.163 e. The summed E-state index contributed by atoms with van der Waals surface area (Å²) in [6.07, 6.45) is 3.46. The van der Waals surface area contributed by atoms with Crippen LogP contribution < -0.4 is 10.1 Å². The van der Waals surface area contributed by atoms with Gasteiger partial charge < -0.3 is 15.2 Å². The predicted molar refractivity (Wildman–Crippen MR) is 67.0 cm³/mol. The maximum atomic E-state index is 10.1. The lowest BCUT2D eigenvalue weighted by Crippen LogP contribution is -2.27. The average Bonchev–Trinajstić information content (AvgIpc) is 2.31. The summed E-state index contributed by atoms with van der Waals surface area (Å²) in [5, 5.41) is 13.5. The van der Waals surface area contributed by atoms with Crippen molar-refractivity contribution >= 4 is 15.9 Å². The summed E-state index contributed by atoms with van der Waals surface area (Å²) in [5.41, 5.74) is 0.916. The van der Waals surface area contributed by atoms with Crippen molar-refractivity contribution in [1.82, 2.24) is 5.32 Å². The SMILES string of the molecule is COc1ccc(Br)c(C2CCCCN2)c1O. The van der Waals surface area contributed by atoms with Crippen LogP contribution in [0.2, 0.25) is 0 Å². The molecule has 1 aliphatic heterocycles. The van der Waals surface area contributed by atoms with E-state index in [1.54, 1.807) is 13.2 Å². The molecule has 1 atom stereocenters. The van der Waals surface area contributed by atoms with Crippen molar-refractivity contribution in [2.24, 2.45) is 0 Å². The molecular formula is C12H16BrNO2. The molecule has 16 heavy (non-hydrogen) atoms. The number of ether oxygens (including phenoxy) is 1. The molecule has 1 fully saturated rings. The molecule has 0 aliphatic carbocycles. The van der Waals surface area contributed by atoms with E-state index >= 15 is 0 Å². The molecule has 0 saturated carbocycles. The average molecular weight is 286 g/mol. The van der Waals surface area contributed by atoms with E-state index in [0.717, 1.165) is 23.0 Å². The highest BCUT2D eigenvalue weighted by Crippen LogP contribution is 2.41. The van der Waals surface area contributed by atoms with Gasteiger partial charge in [-0.2, -0.15) is 0 Å². The first-order valence-corrected chi connectivity index (χ1v) is 6.32. The van der Waals surface area contributed by atoms with Gasteiger partial charge >= 0.3 is 0 Å². The maximum absolute atomic E-state index is 10.1. The molecule has 2 rings (SSSR count). The molecule has 1 aromatic carbocycles. The first-order valence-electron chi connectivity index (χ1n) is 5.52. The van der Waals surface area contributed by atoms with Gasteiger partial charge in [-0.05, 0) is 31.5 Å². The Bertz CT molecular complexity index is 376. The Morgan fingerprint density at radius 2 is 2.25 bits per heavy atom. The van der Waals surface area contributed by atoms with E-state index < -0.39 is 0 Å². The third kappa shape index (κ3) is 2.18. The quantitative estimate of drug-likeness (QED) is 0.878. The van der Waals surface area contributed by atoms with Crippen LogP contribution in [0.15, 0.2) is 16.6 Å². The number of hydrogen-bond donors (Lipinski definition) is 2. The first kappa shape index (κ1) is 11.7. The van der Waals surface area contributed by atoms with Crippen molar-refractivity contribution in [3.63, 3.8) is 0 Å². The van der Waals surface area contributed by atoms with Gasteiger partial charge in [-0.1, -0.05) is 22.4 Å². The van der Waals surface area contributed by atoms with Crippen LogP contribution in [0.5, 0.6) is 11.5 Å². The fourth-order valence-electron chi connectivity index (χ4n) is 2.16. The van der Waals surface area contributed by atoms with E-state index in [0.29, 0.717) is 5.75 Å². The molecule has 0 amide bonds. The summed E-state index contributed by atoms with van der Waals surface area (Å²) in [4.78, 5) is 0. The zero-order valence-corrected chi connectivity index (χ0v) is 10.9. The van der Waals surface area contributed by atoms with Gasteiger partial charge in [0.25, 0.3) is 0 Å². The lowest BCUT2D eigenvalue weighted by atomic mass is 9.96. The summed E-state index contributed by atoms with van der Waals surface area (Å²) in [6, 6.07) is 3.91. The number of phenolic OH excluding ortho intramolecular Hbond substituents is 1. The number of nitrogens with one attached hydrogen (secondary N) is 1. The number of rotatable bonds is 2. The Labute approximate surface area is 104 Å². The van der Waals surface area contributed by atoms with Crippen LogP contribution in [-0.2, 0) is 0 Å². The normalized spacial score (nSPS) is 20.8. The topological polar surface area (TPSA) is 41.5 Å². The fourth-order valence-corrected chi connectivity index (χ4v) is 2.75. The molecule has 2 N–H and O–H groups in total.